The fourth-order valence-corrected chi connectivity index (χ4v) is 3.10. The summed E-state index contributed by atoms with van der Waals surface area (Å²) in [5, 5.41) is 21.0. The third-order valence-electron chi connectivity index (χ3n) is 3.89. The maximum atomic E-state index is 12.3. The summed E-state index contributed by atoms with van der Waals surface area (Å²) in [6.45, 7) is 0.633. The molecule has 7 heteroatoms. The number of carbonyl (C=O) groups excluding carboxylic acids is 1. The molecule has 6 nitrogen and oxygen atoms in total. The van der Waals surface area contributed by atoms with Crippen LogP contribution >= 0.6 is 15.9 Å². The molecule has 0 aromatic heterocycles. The lowest BCUT2D eigenvalue weighted by molar-refractivity contribution is -0.385. The monoisotopic (exact) mass is 340 g/mol. The zero-order chi connectivity index (χ0) is 14.5. The second kappa shape index (κ2) is 4.53. The molecule has 0 radical (unpaired) electrons. The fourth-order valence-electron chi connectivity index (χ4n) is 2.62. The Kier molecular flexibility index (Phi) is 3.06. The number of rotatable bonds is 3. The van der Waals surface area contributed by atoms with Crippen molar-refractivity contribution in [3.05, 3.63) is 38.3 Å². The van der Waals surface area contributed by atoms with Crippen LogP contribution in [0.2, 0.25) is 0 Å². The molecule has 20 heavy (non-hydrogen) atoms. The van der Waals surface area contributed by atoms with Crippen molar-refractivity contribution in [2.24, 2.45) is 5.92 Å². The summed E-state index contributed by atoms with van der Waals surface area (Å²) < 4.78 is 0.494. The van der Waals surface area contributed by atoms with Gasteiger partial charge in [0, 0.05) is 22.2 Å². The number of non-ortho nitro benzene ring substituents is 1. The van der Waals surface area contributed by atoms with Crippen LogP contribution in [0.25, 0.3) is 0 Å². The summed E-state index contributed by atoms with van der Waals surface area (Å²) in [6.07, 6.45) is 2.03. The van der Waals surface area contributed by atoms with E-state index in [4.69, 9.17) is 0 Å². The molecule has 0 unspecified atom stereocenters. The first kappa shape index (κ1) is 13.5. The molecule has 1 heterocycles. The number of likely N-dealkylation sites (tertiary alicyclic amines) is 1. The highest BCUT2D eigenvalue weighted by Crippen LogP contribution is 2.44. The third-order valence-corrected chi connectivity index (χ3v) is 4.35. The van der Waals surface area contributed by atoms with Gasteiger partial charge in [0.05, 0.1) is 18.0 Å². The molecule has 2 fully saturated rings. The Morgan fingerprint density at radius 3 is 2.60 bits per heavy atom. The van der Waals surface area contributed by atoms with Crippen molar-refractivity contribution in [2.45, 2.75) is 18.4 Å². The Labute approximate surface area is 123 Å². The number of nitro groups is 1. The van der Waals surface area contributed by atoms with E-state index in [1.54, 1.807) is 6.07 Å². The Morgan fingerprint density at radius 2 is 2.05 bits per heavy atom. The summed E-state index contributed by atoms with van der Waals surface area (Å²) in [4.78, 5) is 24.1. The Morgan fingerprint density at radius 1 is 1.40 bits per heavy atom. The van der Waals surface area contributed by atoms with E-state index < -0.39 is 10.5 Å². The second-order valence-corrected chi connectivity index (χ2v) is 6.41. The number of nitrogens with zero attached hydrogens (tertiary/aromatic N) is 2. The number of halogens is 1. The van der Waals surface area contributed by atoms with E-state index in [0.717, 1.165) is 12.8 Å². The first-order valence-corrected chi connectivity index (χ1v) is 7.15. The van der Waals surface area contributed by atoms with E-state index in [2.05, 4.69) is 15.9 Å². The zero-order valence-electron chi connectivity index (χ0n) is 10.6. The van der Waals surface area contributed by atoms with E-state index in [0.29, 0.717) is 23.5 Å². The van der Waals surface area contributed by atoms with Crippen molar-refractivity contribution >= 4 is 27.5 Å². The largest absolute Gasteiger partial charge is 0.386 e. The number of nitro benzene ring substituents is 1. The van der Waals surface area contributed by atoms with Crippen LogP contribution in [0.4, 0.5) is 5.69 Å². The van der Waals surface area contributed by atoms with Gasteiger partial charge in [-0.1, -0.05) is 15.9 Å². The van der Waals surface area contributed by atoms with Crippen molar-refractivity contribution < 1.29 is 14.8 Å². The topological polar surface area (TPSA) is 83.7 Å². The van der Waals surface area contributed by atoms with Gasteiger partial charge in [0.1, 0.15) is 5.60 Å². The van der Waals surface area contributed by atoms with Crippen LogP contribution in [0.5, 0.6) is 0 Å². The molecule has 0 bridgehead atoms. The molecular weight excluding hydrogens is 328 g/mol. The van der Waals surface area contributed by atoms with Gasteiger partial charge in [0.25, 0.3) is 11.6 Å². The minimum Gasteiger partial charge on any atom is -0.386 e. The van der Waals surface area contributed by atoms with Gasteiger partial charge in [-0.15, -0.1) is 0 Å². The Balaban J connectivity index is 1.76. The minimum absolute atomic E-state index is 0.124. The molecule has 1 aromatic rings. The standard InChI is InChI=1S/C13H13BrN2O4/c14-10-3-8(4-11(5-10)16(19)20)12(17)15-6-13(18,7-15)9-1-2-9/h3-5,9,18H,1-2,6-7H2. The molecule has 1 saturated carbocycles. The van der Waals surface area contributed by atoms with E-state index in [1.165, 1.54) is 17.0 Å². The fraction of sp³-hybridized carbons (Fsp3) is 0.462. The second-order valence-electron chi connectivity index (χ2n) is 5.49. The van der Waals surface area contributed by atoms with Gasteiger partial charge >= 0.3 is 0 Å². The average Bonchev–Trinajstić information content (AvgIpc) is 3.17. The first-order chi connectivity index (χ1) is 9.39. The highest BCUT2D eigenvalue weighted by atomic mass is 79.9. The maximum absolute atomic E-state index is 12.3. The predicted molar refractivity (Wildman–Crippen MR) is 74.4 cm³/mol. The van der Waals surface area contributed by atoms with Gasteiger partial charge in [0.15, 0.2) is 0 Å². The van der Waals surface area contributed by atoms with E-state index >= 15 is 0 Å². The van der Waals surface area contributed by atoms with Crippen molar-refractivity contribution in [1.82, 2.24) is 4.90 Å². The van der Waals surface area contributed by atoms with Crippen LogP contribution < -0.4 is 0 Å². The van der Waals surface area contributed by atoms with Crippen molar-refractivity contribution in [2.75, 3.05) is 13.1 Å². The summed E-state index contributed by atoms with van der Waals surface area (Å²) in [6, 6.07) is 4.18. The molecule has 1 aliphatic carbocycles. The highest BCUT2D eigenvalue weighted by molar-refractivity contribution is 9.10. The quantitative estimate of drug-likeness (QED) is 0.673. The number of hydrogen-bond acceptors (Lipinski definition) is 4. The van der Waals surface area contributed by atoms with Crippen LogP contribution in [0.1, 0.15) is 23.2 Å². The summed E-state index contributed by atoms with van der Waals surface area (Å²) >= 11 is 3.17. The normalized spacial score (nSPS) is 20.4. The molecular formula is C13H13BrN2O4. The summed E-state index contributed by atoms with van der Waals surface area (Å²) in [7, 11) is 0. The lowest BCUT2D eigenvalue weighted by Crippen LogP contribution is -2.64. The van der Waals surface area contributed by atoms with Crippen molar-refractivity contribution in [1.29, 1.82) is 0 Å². The van der Waals surface area contributed by atoms with Gasteiger partial charge in [-0.3, -0.25) is 14.9 Å². The minimum atomic E-state index is -0.742. The van der Waals surface area contributed by atoms with Crippen LogP contribution in [-0.4, -0.2) is 39.5 Å². The molecule has 2 aliphatic rings. The Hall–Kier alpha value is -1.47. The maximum Gasteiger partial charge on any atom is 0.271 e. The number of benzene rings is 1. The van der Waals surface area contributed by atoms with Gasteiger partial charge in [0.2, 0.25) is 0 Å². The number of carbonyl (C=O) groups is 1. The molecule has 1 aliphatic heterocycles. The lowest BCUT2D eigenvalue weighted by Gasteiger charge is -2.47. The summed E-state index contributed by atoms with van der Waals surface area (Å²) in [5.41, 5.74) is -0.599. The van der Waals surface area contributed by atoms with Gasteiger partial charge in [-0.25, -0.2) is 0 Å². The van der Waals surface area contributed by atoms with Crippen LogP contribution in [0.3, 0.4) is 0 Å². The first-order valence-electron chi connectivity index (χ1n) is 6.36. The van der Waals surface area contributed by atoms with Gasteiger partial charge < -0.3 is 10.0 Å². The van der Waals surface area contributed by atoms with E-state index in [-0.39, 0.29) is 17.2 Å². The third kappa shape index (κ3) is 2.31. The van der Waals surface area contributed by atoms with E-state index in [1.807, 2.05) is 0 Å². The zero-order valence-corrected chi connectivity index (χ0v) is 12.2. The molecule has 3 rings (SSSR count). The smallest absolute Gasteiger partial charge is 0.271 e. The molecule has 0 atom stereocenters. The molecule has 1 amide bonds. The van der Waals surface area contributed by atoms with Gasteiger partial charge in [-0.2, -0.15) is 0 Å². The van der Waals surface area contributed by atoms with Gasteiger partial charge in [-0.05, 0) is 24.8 Å². The van der Waals surface area contributed by atoms with Crippen LogP contribution in [0.15, 0.2) is 22.7 Å². The summed E-state index contributed by atoms with van der Waals surface area (Å²) in [5.74, 6) is 0.0307. The SMILES string of the molecule is O=C(c1cc(Br)cc([N+](=O)[O-])c1)N1CC(O)(C2CC2)C1. The Bertz CT molecular complexity index is 594. The number of hydrogen-bond donors (Lipinski definition) is 1. The molecule has 106 valence electrons. The lowest BCUT2D eigenvalue weighted by atomic mass is 9.88. The molecule has 0 spiro atoms. The number of β-amino-alcohol motifs (C(OH)–C–C–N with tert-alkyl or cyclic N) is 1. The average molecular weight is 341 g/mol. The van der Waals surface area contributed by atoms with Crippen LogP contribution in [-0.2, 0) is 0 Å². The molecule has 1 N–H and O–H groups in total. The predicted octanol–water partition coefficient (Wildman–Crippen LogP) is 1.95. The number of aliphatic hydroxyl groups is 1. The van der Waals surface area contributed by atoms with Crippen molar-refractivity contribution in [3.63, 3.8) is 0 Å². The van der Waals surface area contributed by atoms with Crippen molar-refractivity contribution in [3.8, 4) is 0 Å². The van der Waals surface area contributed by atoms with E-state index in [9.17, 15) is 20.0 Å². The van der Waals surface area contributed by atoms with Crippen LogP contribution in [0, 0.1) is 16.0 Å². The molecule has 1 aromatic carbocycles. The molecule has 1 saturated heterocycles. The highest BCUT2D eigenvalue weighted by Gasteiger charge is 2.53. The number of amides is 1.